The SMILES string of the molecule is CC(C)(C)[C@H]1C(O)=C(C2=NS(=O)(=O)c3c(CNS(N)(=O)=O)cccc32)C(=O)N1Cc1ccc(F)cc1. The largest absolute Gasteiger partial charge is 0.509 e. The summed E-state index contributed by atoms with van der Waals surface area (Å²) < 4.78 is 67.9. The number of benzene rings is 2. The van der Waals surface area contributed by atoms with Gasteiger partial charge in [0.15, 0.2) is 0 Å². The van der Waals surface area contributed by atoms with Crippen molar-refractivity contribution in [3.05, 3.63) is 76.3 Å². The maximum absolute atomic E-state index is 13.6. The van der Waals surface area contributed by atoms with Crippen molar-refractivity contribution in [2.24, 2.45) is 15.0 Å². The zero-order chi connectivity index (χ0) is 26.6. The molecule has 4 N–H and O–H groups in total. The summed E-state index contributed by atoms with van der Waals surface area (Å²) in [5, 5.41) is 16.2. The summed E-state index contributed by atoms with van der Waals surface area (Å²) in [5.41, 5.74) is -0.359. The Morgan fingerprint density at radius 2 is 1.81 bits per heavy atom. The lowest BCUT2D eigenvalue weighted by Gasteiger charge is -2.35. The second-order valence-corrected chi connectivity index (χ2v) is 12.6. The molecule has 0 saturated heterocycles. The number of rotatable bonds is 6. The Morgan fingerprint density at radius 3 is 2.39 bits per heavy atom. The third-order valence-corrected chi connectivity index (χ3v) is 7.88. The summed E-state index contributed by atoms with van der Waals surface area (Å²) in [7, 11) is -8.42. The van der Waals surface area contributed by atoms with E-state index in [2.05, 4.69) is 4.40 Å². The van der Waals surface area contributed by atoms with Gasteiger partial charge in [-0.25, -0.2) is 9.53 Å². The molecule has 4 rings (SSSR count). The molecule has 0 saturated carbocycles. The summed E-state index contributed by atoms with van der Waals surface area (Å²) >= 11 is 0. The summed E-state index contributed by atoms with van der Waals surface area (Å²) in [6.07, 6.45) is 0. The fourth-order valence-corrected chi connectivity index (χ4v) is 6.29. The summed E-state index contributed by atoms with van der Waals surface area (Å²) in [6, 6.07) is 9.08. The third-order valence-electron chi connectivity index (χ3n) is 5.91. The van der Waals surface area contributed by atoms with Crippen molar-refractivity contribution in [2.75, 3.05) is 0 Å². The van der Waals surface area contributed by atoms with Crippen molar-refractivity contribution in [1.29, 1.82) is 0 Å². The fraction of sp³-hybridized carbons (Fsp3) is 0.304. The van der Waals surface area contributed by atoms with Crippen LogP contribution in [0.25, 0.3) is 0 Å². The number of nitrogens with one attached hydrogen (secondary N) is 1. The van der Waals surface area contributed by atoms with Gasteiger partial charge < -0.3 is 10.0 Å². The molecule has 2 aliphatic rings. The molecule has 13 heteroatoms. The number of amides is 1. The number of hydrogen-bond donors (Lipinski definition) is 3. The van der Waals surface area contributed by atoms with E-state index in [1.165, 1.54) is 47.4 Å². The number of aliphatic hydroxyl groups excluding tert-OH is 1. The highest BCUT2D eigenvalue weighted by molar-refractivity contribution is 7.91. The number of halogens is 1. The van der Waals surface area contributed by atoms with Gasteiger partial charge in [-0.1, -0.05) is 51.1 Å². The van der Waals surface area contributed by atoms with E-state index < -0.39 is 50.0 Å². The van der Waals surface area contributed by atoms with E-state index in [4.69, 9.17) is 5.14 Å². The minimum atomic E-state index is -4.32. The Kier molecular flexibility index (Phi) is 6.32. The molecule has 0 aliphatic carbocycles. The number of aliphatic hydroxyl groups is 1. The van der Waals surface area contributed by atoms with E-state index in [1.807, 2.05) is 25.5 Å². The number of carbonyl (C=O) groups excluding carboxylic acids is 1. The Labute approximate surface area is 208 Å². The van der Waals surface area contributed by atoms with E-state index in [0.717, 1.165) is 0 Å². The van der Waals surface area contributed by atoms with E-state index >= 15 is 0 Å². The van der Waals surface area contributed by atoms with Crippen LogP contribution < -0.4 is 9.86 Å². The van der Waals surface area contributed by atoms with Crippen LogP contribution in [0.2, 0.25) is 0 Å². The van der Waals surface area contributed by atoms with Gasteiger partial charge in [-0.2, -0.15) is 26.0 Å². The molecular formula is C23H25FN4O6S2. The summed E-state index contributed by atoms with van der Waals surface area (Å²) in [4.78, 5) is 14.8. The number of nitrogens with two attached hydrogens (primary N) is 1. The predicted molar refractivity (Wildman–Crippen MR) is 130 cm³/mol. The highest BCUT2D eigenvalue weighted by atomic mass is 32.2. The van der Waals surface area contributed by atoms with Gasteiger partial charge in [-0.3, -0.25) is 4.79 Å². The zero-order valence-electron chi connectivity index (χ0n) is 19.7. The van der Waals surface area contributed by atoms with E-state index in [1.54, 1.807) is 0 Å². The number of nitrogens with zero attached hydrogens (tertiary/aromatic N) is 2. The van der Waals surface area contributed by atoms with Gasteiger partial charge >= 0.3 is 0 Å². The second-order valence-electron chi connectivity index (χ2n) is 9.66. The lowest BCUT2D eigenvalue weighted by Crippen LogP contribution is -2.43. The van der Waals surface area contributed by atoms with Crippen LogP contribution in [0.5, 0.6) is 0 Å². The van der Waals surface area contributed by atoms with Crippen LogP contribution >= 0.6 is 0 Å². The first-order chi connectivity index (χ1) is 16.6. The molecule has 1 atom stereocenters. The molecule has 2 aromatic carbocycles. The number of hydrogen-bond acceptors (Lipinski definition) is 6. The average Bonchev–Trinajstić information content (AvgIpc) is 3.17. The molecule has 192 valence electrons. The molecule has 2 heterocycles. The van der Waals surface area contributed by atoms with Crippen LogP contribution in [-0.2, 0) is 38.1 Å². The Bertz CT molecular complexity index is 1530. The number of fused-ring (bicyclic) bond motifs is 1. The van der Waals surface area contributed by atoms with Crippen molar-refractivity contribution in [2.45, 2.75) is 44.8 Å². The molecule has 0 spiro atoms. The van der Waals surface area contributed by atoms with Gasteiger partial charge in [-0.05, 0) is 28.7 Å². The van der Waals surface area contributed by atoms with Crippen molar-refractivity contribution in [3.8, 4) is 0 Å². The van der Waals surface area contributed by atoms with Gasteiger partial charge in [0, 0.05) is 18.7 Å². The molecule has 0 fully saturated rings. The van der Waals surface area contributed by atoms with Gasteiger partial charge in [-0.15, -0.1) is 0 Å². The lowest BCUT2D eigenvalue weighted by molar-refractivity contribution is -0.129. The van der Waals surface area contributed by atoms with Gasteiger partial charge in [0.05, 0.1) is 6.04 Å². The van der Waals surface area contributed by atoms with E-state index in [0.29, 0.717) is 5.56 Å². The molecule has 1 amide bonds. The monoisotopic (exact) mass is 536 g/mol. The molecule has 2 aromatic rings. The molecule has 0 bridgehead atoms. The van der Waals surface area contributed by atoms with Gasteiger partial charge in [0.25, 0.3) is 26.1 Å². The Morgan fingerprint density at radius 1 is 1.17 bits per heavy atom. The summed E-state index contributed by atoms with van der Waals surface area (Å²) in [5.74, 6) is -1.40. The van der Waals surface area contributed by atoms with Crippen LogP contribution in [0.4, 0.5) is 4.39 Å². The highest BCUT2D eigenvalue weighted by Crippen LogP contribution is 2.41. The molecular weight excluding hydrogens is 511 g/mol. The zero-order valence-corrected chi connectivity index (χ0v) is 21.3. The molecule has 0 unspecified atom stereocenters. The minimum Gasteiger partial charge on any atom is -0.509 e. The van der Waals surface area contributed by atoms with Crippen LogP contribution in [0.15, 0.2) is 63.1 Å². The standard InChI is InChI=1S/C23H25FN4O6S2/c1-23(2,3)21-19(29)17(22(30)28(21)12-13-7-9-15(24)10-8-13)18-16-6-4-5-14(11-26-36(25,33)34)20(16)35(31,32)27-18/h4-10,21,26,29H,11-12H2,1-3H3,(H2,25,33,34)/t21-/m1/s1. The quantitative estimate of drug-likeness (QED) is 0.511. The topological polar surface area (TPSA) is 159 Å². The molecule has 2 aliphatic heterocycles. The first-order valence-electron chi connectivity index (χ1n) is 10.8. The normalized spacial score (nSPS) is 19.6. The summed E-state index contributed by atoms with van der Waals surface area (Å²) in [6.45, 7) is 5.09. The average molecular weight is 537 g/mol. The highest BCUT2D eigenvalue weighted by Gasteiger charge is 2.49. The van der Waals surface area contributed by atoms with E-state index in [9.17, 15) is 31.1 Å². The van der Waals surface area contributed by atoms with Crippen LogP contribution in [0.1, 0.15) is 37.5 Å². The van der Waals surface area contributed by atoms with Crippen LogP contribution in [0, 0.1) is 11.2 Å². The third kappa shape index (κ3) is 4.78. The first-order valence-corrected chi connectivity index (χ1v) is 13.8. The maximum Gasteiger partial charge on any atom is 0.283 e. The minimum absolute atomic E-state index is 0.0415. The maximum atomic E-state index is 13.6. The Balaban J connectivity index is 1.80. The predicted octanol–water partition coefficient (Wildman–Crippen LogP) is 1.88. The second kappa shape index (κ2) is 8.76. The van der Waals surface area contributed by atoms with Crippen molar-refractivity contribution < 1.29 is 31.1 Å². The molecule has 36 heavy (non-hydrogen) atoms. The fourth-order valence-electron chi connectivity index (χ4n) is 4.49. The number of carbonyl (C=O) groups is 1. The smallest absolute Gasteiger partial charge is 0.283 e. The first kappa shape index (κ1) is 25.9. The van der Waals surface area contributed by atoms with Crippen molar-refractivity contribution in [1.82, 2.24) is 9.62 Å². The van der Waals surface area contributed by atoms with Gasteiger partial charge in [0.1, 0.15) is 27.8 Å². The van der Waals surface area contributed by atoms with Gasteiger partial charge in [0.2, 0.25) is 0 Å². The van der Waals surface area contributed by atoms with Crippen LogP contribution in [0.3, 0.4) is 0 Å². The molecule has 10 nitrogen and oxygen atoms in total. The Hall–Kier alpha value is -3.13. The molecule has 0 radical (unpaired) electrons. The van der Waals surface area contributed by atoms with E-state index in [-0.39, 0.29) is 39.6 Å². The lowest BCUT2D eigenvalue weighted by atomic mass is 9.84. The number of sulfonamides is 1. The molecule has 0 aromatic heterocycles. The van der Waals surface area contributed by atoms with Crippen molar-refractivity contribution >= 4 is 31.9 Å². The van der Waals surface area contributed by atoms with Crippen LogP contribution in [-0.4, -0.2) is 44.5 Å². The van der Waals surface area contributed by atoms with Crippen molar-refractivity contribution in [3.63, 3.8) is 0 Å².